The molecule has 0 aliphatic carbocycles. The number of rotatable bonds is 3. The molecule has 1 heteroatoms. The molecule has 0 radical (unpaired) electrons. The highest BCUT2D eigenvalue weighted by atomic mass is 32.1. The summed E-state index contributed by atoms with van der Waals surface area (Å²) in [6.45, 7) is 0. The molecular weight excluding hydrogens is 488 g/mol. The third kappa shape index (κ3) is 3.59. The summed E-state index contributed by atoms with van der Waals surface area (Å²) in [4.78, 5) is 0. The minimum atomic E-state index is 1.24. The fraction of sp³-hybridized carbons (Fsp3) is 0. The van der Waals surface area contributed by atoms with Crippen molar-refractivity contribution in [2.75, 3.05) is 0 Å². The first kappa shape index (κ1) is 22.3. The lowest BCUT2D eigenvalue weighted by molar-refractivity contribution is 1.61. The normalized spacial score (nSPS) is 11.6. The summed E-state index contributed by atoms with van der Waals surface area (Å²) < 4.78 is 2.68. The average Bonchev–Trinajstić information content (AvgIpc) is 3.38. The van der Waals surface area contributed by atoms with Crippen LogP contribution in [0.4, 0.5) is 0 Å². The molecule has 1 aromatic heterocycles. The quantitative estimate of drug-likeness (QED) is 0.207. The highest BCUT2D eigenvalue weighted by Crippen LogP contribution is 2.45. The summed E-state index contributed by atoms with van der Waals surface area (Å²) in [7, 11) is 0. The summed E-state index contributed by atoms with van der Waals surface area (Å²) in [5, 5.41) is 7.82. The van der Waals surface area contributed by atoms with Crippen LogP contribution in [0.25, 0.3) is 75.1 Å². The summed E-state index contributed by atoms with van der Waals surface area (Å²) in [5.74, 6) is 0. The van der Waals surface area contributed by atoms with Gasteiger partial charge in [0.15, 0.2) is 0 Å². The molecule has 7 aromatic carbocycles. The van der Waals surface area contributed by atoms with Gasteiger partial charge in [0, 0.05) is 20.2 Å². The lowest BCUT2D eigenvalue weighted by Crippen LogP contribution is -1.91. The van der Waals surface area contributed by atoms with Gasteiger partial charge in [-0.1, -0.05) is 127 Å². The monoisotopic (exact) mass is 512 g/mol. The molecule has 0 bridgehead atoms. The van der Waals surface area contributed by atoms with Crippen LogP contribution >= 0.6 is 11.3 Å². The molecule has 8 aromatic rings. The molecule has 0 saturated heterocycles. The largest absolute Gasteiger partial charge is 0.135 e. The van der Waals surface area contributed by atoms with Gasteiger partial charge in [-0.25, -0.2) is 0 Å². The predicted octanol–water partition coefficient (Wildman–Crippen LogP) is 11.4. The zero-order chi connectivity index (χ0) is 25.8. The Labute approximate surface area is 231 Å². The molecule has 39 heavy (non-hydrogen) atoms. The first-order chi connectivity index (χ1) is 19.3. The van der Waals surface area contributed by atoms with Crippen molar-refractivity contribution in [1.29, 1.82) is 0 Å². The van der Waals surface area contributed by atoms with Gasteiger partial charge in [-0.05, 0) is 73.1 Å². The van der Waals surface area contributed by atoms with Crippen LogP contribution in [0.1, 0.15) is 0 Å². The number of hydrogen-bond donors (Lipinski definition) is 0. The maximum atomic E-state index is 2.40. The van der Waals surface area contributed by atoms with Crippen LogP contribution in [-0.4, -0.2) is 0 Å². The van der Waals surface area contributed by atoms with E-state index in [1.807, 2.05) is 11.3 Å². The van der Waals surface area contributed by atoms with Crippen LogP contribution in [0, 0.1) is 0 Å². The average molecular weight is 513 g/mol. The molecule has 0 aliphatic heterocycles. The molecule has 1 heterocycles. The molecule has 0 spiro atoms. The van der Waals surface area contributed by atoms with Crippen molar-refractivity contribution in [3.05, 3.63) is 146 Å². The summed E-state index contributed by atoms with van der Waals surface area (Å²) in [6, 6.07) is 53.2. The van der Waals surface area contributed by atoms with Gasteiger partial charge in [0.25, 0.3) is 0 Å². The predicted molar refractivity (Wildman–Crippen MR) is 171 cm³/mol. The van der Waals surface area contributed by atoms with E-state index in [4.69, 9.17) is 0 Å². The Kier molecular flexibility index (Phi) is 5.11. The van der Waals surface area contributed by atoms with Crippen molar-refractivity contribution >= 4 is 53.1 Å². The fourth-order valence-corrected chi connectivity index (χ4v) is 7.18. The van der Waals surface area contributed by atoms with Gasteiger partial charge in [0.2, 0.25) is 0 Å². The molecule has 182 valence electrons. The summed E-state index contributed by atoms with van der Waals surface area (Å²) in [5.41, 5.74) is 7.60. The highest BCUT2D eigenvalue weighted by molar-refractivity contribution is 7.25. The van der Waals surface area contributed by atoms with Gasteiger partial charge >= 0.3 is 0 Å². The van der Waals surface area contributed by atoms with Crippen molar-refractivity contribution in [3.63, 3.8) is 0 Å². The molecule has 0 saturated carbocycles. The van der Waals surface area contributed by atoms with Crippen LogP contribution in [0.2, 0.25) is 0 Å². The standard InChI is InChI=1S/C38H24S/c1-2-10-25(11-3-1)26-18-20-27(21-19-26)37-30-13-4-6-15-32(30)38(33-16-7-5-14-31(33)37)28-22-23-36-34(24-28)29-12-8-9-17-35(29)39-36/h1-24H. The van der Waals surface area contributed by atoms with Crippen LogP contribution < -0.4 is 0 Å². The van der Waals surface area contributed by atoms with Crippen LogP contribution in [-0.2, 0) is 0 Å². The molecule has 0 unspecified atom stereocenters. The van der Waals surface area contributed by atoms with Crippen molar-refractivity contribution in [2.24, 2.45) is 0 Å². The van der Waals surface area contributed by atoms with Gasteiger partial charge in [0.1, 0.15) is 0 Å². The number of hydrogen-bond acceptors (Lipinski definition) is 1. The molecule has 0 atom stereocenters. The number of fused-ring (bicyclic) bond motifs is 5. The van der Waals surface area contributed by atoms with E-state index in [2.05, 4.69) is 146 Å². The van der Waals surface area contributed by atoms with Crippen LogP contribution in [0.15, 0.2) is 146 Å². The lowest BCUT2D eigenvalue weighted by atomic mass is 9.85. The van der Waals surface area contributed by atoms with Crippen molar-refractivity contribution in [3.8, 4) is 33.4 Å². The van der Waals surface area contributed by atoms with E-state index < -0.39 is 0 Å². The second-order valence-corrected chi connectivity index (χ2v) is 11.2. The number of thiophene rings is 1. The van der Waals surface area contributed by atoms with Crippen molar-refractivity contribution < 1.29 is 0 Å². The highest BCUT2D eigenvalue weighted by Gasteiger charge is 2.17. The van der Waals surface area contributed by atoms with Gasteiger partial charge in [-0.2, -0.15) is 0 Å². The summed E-state index contributed by atoms with van der Waals surface area (Å²) in [6.07, 6.45) is 0. The maximum Gasteiger partial charge on any atom is 0.0355 e. The zero-order valence-electron chi connectivity index (χ0n) is 21.3. The second-order valence-electron chi connectivity index (χ2n) is 10.1. The van der Waals surface area contributed by atoms with E-state index in [0.29, 0.717) is 0 Å². The topological polar surface area (TPSA) is 0 Å². The maximum absolute atomic E-state index is 2.40. The van der Waals surface area contributed by atoms with Crippen molar-refractivity contribution in [2.45, 2.75) is 0 Å². The molecular formula is C38H24S. The van der Waals surface area contributed by atoms with E-state index in [9.17, 15) is 0 Å². The minimum Gasteiger partial charge on any atom is -0.135 e. The minimum absolute atomic E-state index is 1.24. The third-order valence-electron chi connectivity index (χ3n) is 7.88. The van der Waals surface area contributed by atoms with E-state index in [1.54, 1.807) is 0 Å². The molecule has 8 rings (SSSR count). The van der Waals surface area contributed by atoms with Crippen LogP contribution in [0.3, 0.4) is 0 Å². The first-order valence-corrected chi connectivity index (χ1v) is 14.2. The first-order valence-electron chi connectivity index (χ1n) is 13.4. The summed E-state index contributed by atoms with van der Waals surface area (Å²) >= 11 is 1.87. The van der Waals surface area contributed by atoms with Crippen LogP contribution in [0.5, 0.6) is 0 Å². The van der Waals surface area contributed by atoms with Gasteiger partial charge in [-0.15, -0.1) is 11.3 Å². The Balaban J connectivity index is 1.40. The smallest absolute Gasteiger partial charge is 0.0355 e. The van der Waals surface area contributed by atoms with Gasteiger partial charge in [-0.3, -0.25) is 0 Å². The molecule has 0 N–H and O–H groups in total. The van der Waals surface area contributed by atoms with E-state index >= 15 is 0 Å². The fourth-order valence-electron chi connectivity index (χ4n) is 6.09. The Bertz CT molecular complexity index is 2090. The molecule has 0 fully saturated rings. The second kappa shape index (κ2) is 8.94. The Morgan fingerprint density at radius 1 is 0.282 bits per heavy atom. The van der Waals surface area contributed by atoms with Crippen molar-refractivity contribution in [1.82, 2.24) is 0 Å². The SMILES string of the molecule is c1ccc(-c2ccc(-c3c4ccccc4c(-c4ccc5sc6ccccc6c5c4)c4ccccc34)cc2)cc1. The molecule has 0 nitrogen and oxygen atoms in total. The number of benzene rings is 7. The van der Waals surface area contributed by atoms with E-state index in [0.717, 1.165) is 0 Å². The lowest BCUT2D eigenvalue weighted by Gasteiger charge is -2.18. The third-order valence-corrected chi connectivity index (χ3v) is 9.03. The Morgan fingerprint density at radius 2 is 0.718 bits per heavy atom. The molecule has 0 aliphatic rings. The molecule has 0 amide bonds. The van der Waals surface area contributed by atoms with E-state index in [-0.39, 0.29) is 0 Å². The zero-order valence-corrected chi connectivity index (χ0v) is 22.1. The van der Waals surface area contributed by atoms with Gasteiger partial charge < -0.3 is 0 Å². The Morgan fingerprint density at radius 3 is 1.36 bits per heavy atom. The van der Waals surface area contributed by atoms with Gasteiger partial charge in [0.05, 0.1) is 0 Å². The Hall–Kier alpha value is -4.72. The van der Waals surface area contributed by atoms with E-state index in [1.165, 1.54) is 75.1 Å².